The van der Waals surface area contributed by atoms with Gasteiger partial charge in [0, 0.05) is 0 Å². The zero-order valence-corrected chi connectivity index (χ0v) is 24.4. The van der Waals surface area contributed by atoms with Crippen molar-refractivity contribution in [3.05, 3.63) is 24.0 Å². The molecule has 0 aromatic heterocycles. The summed E-state index contributed by atoms with van der Waals surface area (Å²) in [5.41, 5.74) is -11.6. The van der Waals surface area contributed by atoms with Crippen LogP contribution < -0.4 is 30.8 Å². The maximum atomic E-state index is 10.7. The molecular formula is C15H35F6N5O8OsS2. The van der Waals surface area contributed by atoms with Crippen LogP contribution in [0.1, 0.15) is 33.1 Å². The molecule has 0 heterocycles. The molecule has 37 heavy (non-hydrogen) atoms. The Labute approximate surface area is 224 Å². The zero-order valence-electron chi connectivity index (χ0n) is 20.2. The second kappa shape index (κ2) is 17.6. The van der Waals surface area contributed by atoms with Crippen LogP contribution in [0.2, 0.25) is 0 Å². The molecule has 0 bridgehead atoms. The van der Waals surface area contributed by atoms with Crippen LogP contribution in [0.15, 0.2) is 24.0 Å². The van der Waals surface area contributed by atoms with Gasteiger partial charge in [0.1, 0.15) is 5.76 Å². The Kier molecular flexibility index (Phi) is 25.0. The van der Waals surface area contributed by atoms with Gasteiger partial charge in [-0.05, 0) is 49.7 Å². The Morgan fingerprint density at radius 2 is 1.22 bits per heavy atom. The Morgan fingerprint density at radius 3 is 1.49 bits per heavy atom. The molecule has 1 fully saturated rings. The maximum absolute atomic E-state index is 10.7. The van der Waals surface area contributed by atoms with Crippen LogP contribution in [0, 0.1) is 11.3 Å². The average molecular weight is 782 g/mol. The molecule has 13 nitrogen and oxygen atoms in total. The molecule has 0 aliphatic heterocycles. The Bertz CT molecular complexity index is 873. The van der Waals surface area contributed by atoms with Gasteiger partial charge in [0.05, 0.1) is 12.7 Å². The maximum Gasteiger partial charge on any atom is 2.00 e. The van der Waals surface area contributed by atoms with Crippen molar-refractivity contribution in [1.29, 1.82) is 0 Å². The SMILES string of the molecule is COC1=C[C@H]2C[C@](C)(O)CC[C@]2(C)C=C1.N.N.N.N.N.O=S(=O)([O-])C(F)(F)F.O=S(=O)([O-])C(F)(F)F.[Os+2]. The van der Waals surface area contributed by atoms with Gasteiger partial charge in [-0.15, -0.1) is 0 Å². The summed E-state index contributed by atoms with van der Waals surface area (Å²) in [7, 11) is -10.5. The molecule has 1 saturated carbocycles. The fourth-order valence-corrected chi connectivity index (χ4v) is 2.65. The van der Waals surface area contributed by atoms with E-state index in [9.17, 15) is 31.4 Å². The minimum atomic E-state index is -6.09. The molecule has 2 aliphatic carbocycles. The molecule has 3 atom stereocenters. The first-order valence-corrected chi connectivity index (χ1v) is 11.0. The zero-order chi connectivity index (χ0) is 25.1. The van der Waals surface area contributed by atoms with Crippen LogP contribution in [0.25, 0.3) is 0 Å². The standard InChI is InChI=1S/C13H20O2.2CHF3O3S.5H3N.Os/c1-12-5-4-11(15-3)8-10(12)9-13(2,14)7-6-12;2*2-1(3,4)8(5,6)7;;;;;;/h4-5,8,10,14H,6-7,9H2,1-3H3;2*(H,5,6,7);5*1H3;/q;;;;;;;;+2/p-2/t10-,12-,13+;;;;;;;;/m0......../s1. The predicted molar refractivity (Wildman–Crippen MR) is 117 cm³/mol. The summed E-state index contributed by atoms with van der Waals surface area (Å²) in [6, 6.07) is 0. The third-order valence-corrected chi connectivity index (χ3v) is 5.64. The van der Waals surface area contributed by atoms with Crippen molar-refractivity contribution >= 4 is 20.2 Å². The third kappa shape index (κ3) is 17.3. The molecule has 0 saturated heterocycles. The van der Waals surface area contributed by atoms with E-state index in [4.69, 9.17) is 30.7 Å². The minimum Gasteiger partial charge on any atom is -0.741 e. The van der Waals surface area contributed by atoms with Crippen molar-refractivity contribution in [2.24, 2.45) is 11.3 Å². The topological polar surface area (TPSA) is 319 Å². The molecule has 0 spiro atoms. The van der Waals surface area contributed by atoms with Gasteiger partial charge in [-0.2, -0.15) is 26.3 Å². The van der Waals surface area contributed by atoms with E-state index in [0.29, 0.717) is 5.92 Å². The van der Waals surface area contributed by atoms with Crippen LogP contribution in [0.4, 0.5) is 26.3 Å². The molecule has 2 rings (SSSR count). The van der Waals surface area contributed by atoms with E-state index in [0.717, 1.165) is 25.0 Å². The normalized spacial score (nSPS) is 24.1. The molecule has 22 heteroatoms. The van der Waals surface area contributed by atoms with E-state index < -0.39 is 36.9 Å². The van der Waals surface area contributed by atoms with E-state index >= 15 is 0 Å². The molecule has 0 aromatic carbocycles. The summed E-state index contributed by atoms with van der Waals surface area (Å²) in [6.45, 7) is 4.21. The summed E-state index contributed by atoms with van der Waals surface area (Å²) < 4.78 is 123. The first kappa shape index (κ1) is 52.5. The number of methoxy groups -OCH3 is 1. The fourth-order valence-electron chi connectivity index (χ4n) is 2.65. The number of aliphatic hydroxyl groups is 1. The van der Waals surface area contributed by atoms with Gasteiger partial charge in [0.2, 0.25) is 0 Å². The first-order valence-electron chi connectivity index (χ1n) is 8.17. The van der Waals surface area contributed by atoms with Gasteiger partial charge in [-0.1, -0.05) is 13.0 Å². The van der Waals surface area contributed by atoms with E-state index in [1.54, 1.807) is 7.11 Å². The number of rotatable bonds is 1. The predicted octanol–water partition coefficient (Wildman–Crippen LogP) is 3.55. The first-order chi connectivity index (χ1) is 13.5. The summed E-state index contributed by atoms with van der Waals surface area (Å²) >= 11 is 0. The molecule has 2 aliphatic rings. The Morgan fingerprint density at radius 1 is 0.892 bits per heavy atom. The smallest absolute Gasteiger partial charge is 0.741 e. The van der Waals surface area contributed by atoms with Crippen LogP contribution >= 0.6 is 0 Å². The molecule has 0 aromatic rings. The van der Waals surface area contributed by atoms with Crippen LogP contribution in [-0.4, -0.2) is 54.8 Å². The van der Waals surface area contributed by atoms with Gasteiger partial charge in [0.15, 0.2) is 20.2 Å². The molecule has 0 unspecified atom stereocenters. The van der Waals surface area contributed by atoms with Crippen LogP contribution in [0.5, 0.6) is 0 Å². The van der Waals surface area contributed by atoms with Crippen LogP contribution in [0.3, 0.4) is 0 Å². The molecule has 0 amide bonds. The number of ether oxygens (including phenoxy) is 1. The largest absolute Gasteiger partial charge is 2.00 e. The van der Waals surface area contributed by atoms with Gasteiger partial charge < -0.3 is 49.7 Å². The second-order valence-electron chi connectivity index (χ2n) is 7.22. The van der Waals surface area contributed by atoms with E-state index in [1.165, 1.54) is 0 Å². The van der Waals surface area contributed by atoms with Crippen molar-refractivity contribution < 1.29 is 81.9 Å². The van der Waals surface area contributed by atoms with Crippen molar-refractivity contribution in [1.82, 2.24) is 30.8 Å². The molecule has 230 valence electrons. The summed E-state index contributed by atoms with van der Waals surface area (Å²) in [4.78, 5) is 0. The summed E-state index contributed by atoms with van der Waals surface area (Å²) in [5, 5.41) is 10.1. The Balaban J connectivity index is -0.0000000726. The van der Waals surface area contributed by atoms with Crippen molar-refractivity contribution in [3.63, 3.8) is 0 Å². The van der Waals surface area contributed by atoms with Crippen LogP contribution in [-0.2, 0) is 44.8 Å². The summed E-state index contributed by atoms with van der Waals surface area (Å²) in [5.74, 6) is 1.33. The van der Waals surface area contributed by atoms with Crippen molar-refractivity contribution in [3.8, 4) is 0 Å². The molecule has 16 N–H and O–H groups in total. The number of hydrogen-bond acceptors (Lipinski definition) is 13. The number of alkyl halides is 6. The number of hydrogen-bond donors (Lipinski definition) is 6. The Hall–Kier alpha value is -0.924. The number of allylic oxidation sites excluding steroid dienone is 3. The second-order valence-corrected chi connectivity index (χ2v) is 9.96. The van der Waals surface area contributed by atoms with Gasteiger partial charge in [-0.25, -0.2) is 16.8 Å². The summed E-state index contributed by atoms with van der Waals surface area (Å²) in [6.07, 6.45) is 9.23. The molecular weight excluding hydrogens is 747 g/mol. The van der Waals surface area contributed by atoms with Crippen molar-refractivity contribution in [2.75, 3.05) is 7.11 Å². The van der Waals surface area contributed by atoms with Gasteiger partial charge in [0.25, 0.3) is 0 Å². The van der Waals surface area contributed by atoms with E-state index in [-0.39, 0.29) is 56.0 Å². The van der Waals surface area contributed by atoms with E-state index in [2.05, 4.69) is 25.2 Å². The van der Waals surface area contributed by atoms with E-state index in [1.807, 2.05) is 6.92 Å². The number of fused-ring (bicyclic) bond motifs is 1. The average Bonchev–Trinajstić information content (AvgIpc) is 2.52. The van der Waals surface area contributed by atoms with Gasteiger partial charge >= 0.3 is 30.8 Å². The minimum absolute atomic E-state index is 0. The van der Waals surface area contributed by atoms with Crippen molar-refractivity contribution in [2.45, 2.75) is 49.7 Å². The van der Waals surface area contributed by atoms with Gasteiger partial charge in [-0.3, -0.25) is 0 Å². The number of halogens is 6. The monoisotopic (exact) mass is 783 g/mol. The third-order valence-electron chi connectivity index (χ3n) is 4.51. The molecule has 0 radical (unpaired) electrons. The fraction of sp³-hybridized carbons (Fsp3) is 0.733. The quantitative estimate of drug-likeness (QED) is 0.126.